The molecule has 4 nitrogen and oxygen atoms in total. The van der Waals surface area contributed by atoms with E-state index in [2.05, 4.69) is 15.7 Å². The number of aromatic nitrogens is 3. The molecule has 2 heterocycles. The highest BCUT2D eigenvalue weighted by atomic mass is 16.3. The molecule has 18 heavy (non-hydrogen) atoms. The topological polar surface area (TPSA) is 50.9 Å². The molecule has 2 aliphatic rings. The summed E-state index contributed by atoms with van der Waals surface area (Å²) in [5, 5.41) is 15.2. The molecule has 1 N–H and O–H groups in total. The van der Waals surface area contributed by atoms with Crippen LogP contribution in [-0.2, 0) is 0 Å². The third-order valence-corrected chi connectivity index (χ3v) is 4.27. The van der Waals surface area contributed by atoms with Gasteiger partial charge in [0.15, 0.2) is 5.65 Å². The van der Waals surface area contributed by atoms with Crippen LogP contribution >= 0.6 is 0 Å². The highest BCUT2D eigenvalue weighted by Crippen LogP contribution is 2.44. The Balaban J connectivity index is 1.76. The van der Waals surface area contributed by atoms with E-state index in [0.717, 1.165) is 18.5 Å². The first kappa shape index (κ1) is 10.5. The van der Waals surface area contributed by atoms with E-state index in [0.29, 0.717) is 24.5 Å². The summed E-state index contributed by atoms with van der Waals surface area (Å²) in [5.74, 6) is 1.12. The second kappa shape index (κ2) is 3.79. The molecule has 0 unspecified atom stereocenters. The van der Waals surface area contributed by atoms with Gasteiger partial charge < -0.3 is 5.11 Å². The first-order chi connectivity index (χ1) is 8.86. The highest BCUT2D eigenvalue weighted by Gasteiger charge is 2.35. The van der Waals surface area contributed by atoms with Crippen LogP contribution in [0.1, 0.15) is 43.3 Å². The predicted molar refractivity (Wildman–Crippen MR) is 68.3 cm³/mol. The molecule has 0 aromatic carbocycles. The number of fused-ring (bicyclic) bond motifs is 1. The lowest BCUT2D eigenvalue weighted by atomic mass is 9.81. The Hall–Kier alpha value is -1.42. The Morgan fingerprint density at radius 1 is 1.33 bits per heavy atom. The first-order valence-corrected chi connectivity index (χ1v) is 6.81. The van der Waals surface area contributed by atoms with Gasteiger partial charge >= 0.3 is 0 Å². The Morgan fingerprint density at radius 2 is 2.17 bits per heavy atom. The standard InChI is InChI=1S/C14H17N3O/c18-8-9-6-11(7-9)17-14-12(2-1-5-15-14)13(16-17)10-3-4-10/h1-2,5,9-11,18H,3-4,6-8H2. The minimum absolute atomic E-state index is 0.304. The van der Waals surface area contributed by atoms with E-state index in [1.807, 2.05) is 12.3 Å². The fourth-order valence-corrected chi connectivity index (χ4v) is 2.96. The van der Waals surface area contributed by atoms with Crippen molar-refractivity contribution in [3.05, 3.63) is 24.0 Å². The molecule has 94 valence electrons. The molecule has 2 saturated carbocycles. The molecule has 0 saturated heterocycles. The number of aliphatic hydroxyl groups is 1. The first-order valence-electron chi connectivity index (χ1n) is 6.81. The van der Waals surface area contributed by atoms with Crippen molar-refractivity contribution in [3.8, 4) is 0 Å². The van der Waals surface area contributed by atoms with Gasteiger partial charge in [-0.25, -0.2) is 9.67 Å². The summed E-state index contributed by atoms with van der Waals surface area (Å²) < 4.78 is 2.11. The summed E-state index contributed by atoms with van der Waals surface area (Å²) in [6.07, 6.45) is 6.46. The third-order valence-electron chi connectivity index (χ3n) is 4.27. The molecule has 0 atom stereocenters. The number of hydrogen-bond acceptors (Lipinski definition) is 3. The van der Waals surface area contributed by atoms with E-state index in [-0.39, 0.29) is 0 Å². The van der Waals surface area contributed by atoms with E-state index in [1.54, 1.807) is 0 Å². The molecule has 2 fully saturated rings. The van der Waals surface area contributed by atoms with E-state index < -0.39 is 0 Å². The molecule has 2 aromatic rings. The van der Waals surface area contributed by atoms with Gasteiger partial charge in [-0.1, -0.05) is 0 Å². The summed E-state index contributed by atoms with van der Waals surface area (Å²) in [4.78, 5) is 4.50. The molecular formula is C14H17N3O. The van der Waals surface area contributed by atoms with Crippen LogP contribution in [0.4, 0.5) is 0 Å². The molecule has 0 radical (unpaired) electrons. The van der Waals surface area contributed by atoms with Crippen molar-refractivity contribution < 1.29 is 5.11 Å². The molecule has 4 heteroatoms. The summed E-state index contributed by atoms with van der Waals surface area (Å²) >= 11 is 0. The van der Waals surface area contributed by atoms with Crippen LogP contribution in [-0.4, -0.2) is 26.5 Å². The minimum Gasteiger partial charge on any atom is -0.396 e. The monoisotopic (exact) mass is 243 g/mol. The largest absolute Gasteiger partial charge is 0.396 e. The minimum atomic E-state index is 0.304. The fraction of sp³-hybridized carbons (Fsp3) is 0.571. The summed E-state index contributed by atoms with van der Waals surface area (Å²) in [6, 6.07) is 4.58. The zero-order valence-corrected chi connectivity index (χ0v) is 10.3. The molecule has 0 spiro atoms. The van der Waals surface area contributed by atoms with Gasteiger partial charge in [0.25, 0.3) is 0 Å². The van der Waals surface area contributed by atoms with Crippen LogP contribution in [0.15, 0.2) is 18.3 Å². The number of hydrogen-bond donors (Lipinski definition) is 1. The van der Waals surface area contributed by atoms with Crippen LogP contribution in [0.5, 0.6) is 0 Å². The Labute approximate surface area is 106 Å². The van der Waals surface area contributed by atoms with Crippen LogP contribution in [0.3, 0.4) is 0 Å². The number of nitrogens with zero attached hydrogens (tertiary/aromatic N) is 3. The van der Waals surface area contributed by atoms with Gasteiger partial charge in [0.1, 0.15) is 0 Å². The van der Waals surface area contributed by atoms with Gasteiger partial charge in [0.05, 0.1) is 11.7 Å². The predicted octanol–water partition coefficient (Wildman–Crippen LogP) is 2.25. The average Bonchev–Trinajstić information content (AvgIpc) is 3.12. The number of rotatable bonds is 3. The smallest absolute Gasteiger partial charge is 0.158 e. The van der Waals surface area contributed by atoms with Crippen molar-refractivity contribution in [2.45, 2.75) is 37.6 Å². The molecule has 0 aliphatic heterocycles. The second-order valence-corrected chi connectivity index (χ2v) is 5.65. The van der Waals surface area contributed by atoms with Gasteiger partial charge in [-0.3, -0.25) is 0 Å². The lowest BCUT2D eigenvalue weighted by Crippen LogP contribution is -2.29. The molecule has 0 bridgehead atoms. The van der Waals surface area contributed by atoms with Gasteiger partial charge in [-0.05, 0) is 43.7 Å². The molecule has 2 aliphatic carbocycles. The summed E-state index contributed by atoms with van der Waals surface area (Å²) in [7, 11) is 0. The zero-order valence-electron chi connectivity index (χ0n) is 10.3. The van der Waals surface area contributed by atoms with Crippen LogP contribution in [0, 0.1) is 5.92 Å². The maximum atomic E-state index is 9.12. The van der Waals surface area contributed by atoms with Crippen LogP contribution in [0.2, 0.25) is 0 Å². The SMILES string of the molecule is OCC1CC(n2nc(C3CC3)c3cccnc32)C1. The Morgan fingerprint density at radius 3 is 2.89 bits per heavy atom. The number of aliphatic hydroxyl groups excluding tert-OH is 1. The number of pyridine rings is 1. The maximum absolute atomic E-state index is 9.12. The Kier molecular flexibility index (Phi) is 2.21. The Bertz CT molecular complexity index is 582. The average molecular weight is 243 g/mol. The molecular weight excluding hydrogens is 226 g/mol. The van der Waals surface area contributed by atoms with E-state index in [1.165, 1.54) is 23.9 Å². The van der Waals surface area contributed by atoms with Crippen LogP contribution in [0.25, 0.3) is 11.0 Å². The molecule has 4 rings (SSSR count). The van der Waals surface area contributed by atoms with E-state index >= 15 is 0 Å². The highest BCUT2D eigenvalue weighted by molar-refractivity contribution is 5.79. The van der Waals surface area contributed by atoms with E-state index in [4.69, 9.17) is 10.2 Å². The fourth-order valence-electron chi connectivity index (χ4n) is 2.96. The zero-order chi connectivity index (χ0) is 12.1. The maximum Gasteiger partial charge on any atom is 0.158 e. The summed E-state index contributed by atoms with van der Waals surface area (Å²) in [6.45, 7) is 0.304. The van der Waals surface area contributed by atoms with Gasteiger partial charge in [-0.2, -0.15) is 5.10 Å². The lowest BCUT2D eigenvalue weighted by molar-refractivity contribution is 0.107. The lowest BCUT2D eigenvalue weighted by Gasteiger charge is -2.34. The summed E-state index contributed by atoms with van der Waals surface area (Å²) in [5.41, 5.74) is 2.27. The van der Waals surface area contributed by atoms with Crippen molar-refractivity contribution in [2.75, 3.05) is 6.61 Å². The van der Waals surface area contributed by atoms with Crippen molar-refractivity contribution in [1.29, 1.82) is 0 Å². The third kappa shape index (κ3) is 1.48. The van der Waals surface area contributed by atoms with Crippen molar-refractivity contribution in [1.82, 2.24) is 14.8 Å². The van der Waals surface area contributed by atoms with Gasteiger partial charge in [0, 0.05) is 24.1 Å². The quantitative estimate of drug-likeness (QED) is 0.899. The van der Waals surface area contributed by atoms with Crippen molar-refractivity contribution in [2.24, 2.45) is 5.92 Å². The van der Waals surface area contributed by atoms with Gasteiger partial charge in [-0.15, -0.1) is 0 Å². The van der Waals surface area contributed by atoms with Gasteiger partial charge in [0.2, 0.25) is 0 Å². The van der Waals surface area contributed by atoms with Crippen molar-refractivity contribution in [3.63, 3.8) is 0 Å². The molecule has 0 amide bonds. The van der Waals surface area contributed by atoms with E-state index in [9.17, 15) is 0 Å². The normalized spacial score (nSPS) is 27.4. The van der Waals surface area contributed by atoms with Crippen molar-refractivity contribution >= 4 is 11.0 Å². The molecule has 2 aromatic heterocycles. The van der Waals surface area contributed by atoms with Crippen LogP contribution < -0.4 is 0 Å². The second-order valence-electron chi connectivity index (χ2n) is 5.65.